The van der Waals surface area contributed by atoms with Crippen molar-refractivity contribution in [2.45, 2.75) is 13.8 Å². The van der Waals surface area contributed by atoms with Gasteiger partial charge >= 0.3 is 0 Å². The van der Waals surface area contributed by atoms with Crippen LogP contribution >= 0.6 is 0 Å². The molecule has 5 heteroatoms. The number of carbonyl (C=O) groups is 2. The number of benzene rings is 1. The third kappa shape index (κ3) is 3.57. The summed E-state index contributed by atoms with van der Waals surface area (Å²) >= 11 is 0. The van der Waals surface area contributed by atoms with E-state index >= 15 is 0 Å². The second kappa shape index (κ2) is 6.52. The van der Waals surface area contributed by atoms with Crippen molar-refractivity contribution in [3.8, 4) is 0 Å². The minimum atomic E-state index is -0.189. The van der Waals surface area contributed by atoms with E-state index in [1.807, 2.05) is 26.0 Å². The summed E-state index contributed by atoms with van der Waals surface area (Å²) in [5.41, 5.74) is 2.68. The maximum absolute atomic E-state index is 12.1. The van der Waals surface area contributed by atoms with Crippen molar-refractivity contribution >= 4 is 11.8 Å². The molecular formula is C15H21N3O2. The maximum atomic E-state index is 12.1. The smallest absolute Gasteiger partial charge is 0.251 e. The number of amides is 2. The number of nitrogens with one attached hydrogen (secondary N) is 2. The van der Waals surface area contributed by atoms with E-state index in [1.54, 1.807) is 11.0 Å². The monoisotopic (exact) mass is 275 g/mol. The number of piperazine rings is 1. The molecule has 0 bridgehead atoms. The van der Waals surface area contributed by atoms with Gasteiger partial charge in [0.15, 0.2) is 0 Å². The average molecular weight is 275 g/mol. The van der Waals surface area contributed by atoms with Crippen LogP contribution in [0.1, 0.15) is 21.5 Å². The van der Waals surface area contributed by atoms with Crippen LogP contribution in [-0.4, -0.2) is 49.4 Å². The third-order valence-electron chi connectivity index (χ3n) is 3.50. The lowest BCUT2D eigenvalue weighted by Crippen LogP contribution is -2.49. The van der Waals surface area contributed by atoms with E-state index in [9.17, 15) is 9.59 Å². The Labute approximate surface area is 119 Å². The molecule has 0 radical (unpaired) electrons. The Hall–Kier alpha value is -1.88. The largest absolute Gasteiger partial charge is 0.343 e. The van der Waals surface area contributed by atoms with Gasteiger partial charge in [-0.2, -0.15) is 0 Å². The molecule has 1 fully saturated rings. The molecule has 2 amide bonds. The van der Waals surface area contributed by atoms with Crippen LogP contribution in [0.5, 0.6) is 0 Å². The molecule has 1 saturated heterocycles. The molecule has 0 spiro atoms. The van der Waals surface area contributed by atoms with Crippen LogP contribution in [-0.2, 0) is 4.79 Å². The first kappa shape index (κ1) is 14.5. The summed E-state index contributed by atoms with van der Waals surface area (Å²) in [5.74, 6) is -0.212. The second-order valence-electron chi connectivity index (χ2n) is 5.13. The van der Waals surface area contributed by atoms with Gasteiger partial charge in [0.05, 0.1) is 6.54 Å². The normalized spacial score (nSPS) is 15.0. The van der Waals surface area contributed by atoms with E-state index < -0.39 is 0 Å². The molecule has 108 valence electrons. The average Bonchev–Trinajstić information content (AvgIpc) is 2.45. The van der Waals surface area contributed by atoms with Gasteiger partial charge in [-0.05, 0) is 25.5 Å². The van der Waals surface area contributed by atoms with Crippen molar-refractivity contribution in [2.24, 2.45) is 0 Å². The van der Waals surface area contributed by atoms with Gasteiger partial charge in [0.25, 0.3) is 5.91 Å². The van der Waals surface area contributed by atoms with Crippen LogP contribution in [0.15, 0.2) is 18.2 Å². The highest BCUT2D eigenvalue weighted by Gasteiger charge is 2.17. The summed E-state index contributed by atoms with van der Waals surface area (Å²) in [5, 5.41) is 5.90. The molecule has 0 aromatic heterocycles. The zero-order chi connectivity index (χ0) is 14.5. The lowest BCUT2D eigenvalue weighted by molar-refractivity contribution is -0.130. The van der Waals surface area contributed by atoms with Gasteiger partial charge in [-0.1, -0.05) is 17.7 Å². The second-order valence-corrected chi connectivity index (χ2v) is 5.13. The lowest BCUT2D eigenvalue weighted by atomic mass is 10.1. The predicted octanol–water partition coefficient (Wildman–Crippen LogP) is 0.465. The topological polar surface area (TPSA) is 61.4 Å². The molecule has 1 aliphatic heterocycles. The zero-order valence-electron chi connectivity index (χ0n) is 12.0. The minimum Gasteiger partial charge on any atom is -0.343 e. The van der Waals surface area contributed by atoms with Crippen molar-refractivity contribution in [2.75, 3.05) is 32.7 Å². The molecular weight excluding hydrogens is 254 g/mol. The highest BCUT2D eigenvalue weighted by atomic mass is 16.2. The number of carbonyl (C=O) groups excluding carboxylic acids is 2. The number of rotatable bonds is 3. The van der Waals surface area contributed by atoms with Crippen LogP contribution in [0, 0.1) is 13.8 Å². The standard InChI is InChI=1S/C15H21N3O2/c1-11-3-4-13(12(2)9-11)15(20)17-10-14(19)18-7-5-16-6-8-18/h3-4,9,16H,5-8,10H2,1-2H3,(H,17,20). The van der Waals surface area contributed by atoms with Crippen LogP contribution < -0.4 is 10.6 Å². The maximum Gasteiger partial charge on any atom is 0.251 e. The van der Waals surface area contributed by atoms with Crippen LogP contribution in [0.3, 0.4) is 0 Å². The molecule has 0 unspecified atom stereocenters. The van der Waals surface area contributed by atoms with Crippen molar-refractivity contribution in [1.82, 2.24) is 15.5 Å². The summed E-state index contributed by atoms with van der Waals surface area (Å²) in [6.07, 6.45) is 0. The van der Waals surface area contributed by atoms with Crippen molar-refractivity contribution in [1.29, 1.82) is 0 Å². The summed E-state index contributed by atoms with van der Waals surface area (Å²) in [7, 11) is 0. The Kier molecular flexibility index (Phi) is 4.74. The minimum absolute atomic E-state index is 0.0235. The summed E-state index contributed by atoms with van der Waals surface area (Å²) in [4.78, 5) is 25.8. The Morgan fingerprint density at radius 3 is 2.60 bits per heavy atom. The molecule has 20 heavy (non-hydrogen) atoms. The van der Waals surface area contributed by atoms with Gasteiger partial charge < -0.3 is 15.5 Å². The quantitative estimate of drug-likeness (QED) is 0.843. The van der Waals surface area contributed by atoms with Crippen molar-refractivity contribution in [3.05, 3.63) is 34.9 Å². The van der Waals surface area contributed by atoms with Gasteiger partial charge in [-0.25, -0.2) is 0 Å². The molecule has 1 aromatic rings. The van der Waals surface area contributed by atoms with Crippen molar-refractivity contribution < 1.29 is 9.59 Å². The first-order valence-corrected chi connectivity index (χ1v) is 6.92. The van der Waals surface area contributed by atoms with Crippen LogP contribution in [0.4, 0.5) is 0 Å². The highest BCUT2D eigenvalue weighted by molar-refractivity contribution is 5.97. The van der Waals surface area contributed by atoms with Crippen LogP contribution in [0.25, 0.3) is 0 Å². The molecule has 2 N–H and O–H groups in total. The van der Waals surface area contributed by atoms with E-state index in [2.05, 4.69) is 10.6 Å². The summed E-state index contributed by atoms with van der Waals surface area (Å²) in [6, 6.07) is 5.67. The van der Waals surface area contributed by atoms with Crippen LogP contribution in [0.2, 0.25) is 0 Å². The molecule has 0 saturated carbocycles. The third-order valence-corrected chi connectivity index (χ3v) is 3.50. The van der Waals surface area contributed by atoms with Gasteiger partial charge in [-0.15, -0.1) is 0 Å². The zero-order valence-corrected chi connectivity index (χ0v) is 12.0. The van der Waals surface area contributed by atoms with E-state index in [0.29, 0.717) is 18.7 Å². The lowest BCUT2D eigenvalue weighted by Gasteiger charge is -2.27. The Bertz CT molecular complexity index is 508. The summed E-state index contributed by atoms with van der Waals surface area (Å²) < 4.78 is 0. The van der Waals surface area contributed by atoms with Gasteiger partial charge in [-0.3, -0.25) is 9.59 Å². The molecule has 1 aromatic carbocycles. The molecule has 1 aliphatic rings. The molecule has 1 heterocycles. The van der Waals surface area contributed by atoms with Gasteiger partial charge in [0.1, 0.15) is 0 Å². The van der Waals surface area contributed by atoms with E-state index in [0.717, 1.165) is 24.2 Å². The van der Waals surface area contributed by atoms with Gasteiger partial charge in [0.2, 0.25) is 5.91 Å². The molecule has 0 atom stereocenters. The van der Waals surface area contributed by atoms with E-state index in [4.69, 9.17) is 0 Å². The first-order valence-electron chi connectivity index (χ1n) is 6.92. The fraction of sp³-hybridized carbons (Fsp3) is 0.467. The number of aryl methyl sites for hydroxylation is 2. The fourth-order valence-electron chi connectivity index (χ4n) is 2.35. The summed E-state index contributed by atoms with van der Waals surface area (Å²) in [6.45, 7) is 7.00. The van der Waals surface area contributed by atoms with E-state index in [1.165, 1.54) is 0 Å². The predicted molar refractivity (Wildman–Crippen MR) is 77.7 cm³/mol. The Morgan fingerprint density at radius 1 is 1.25 bits per heavy atom. The Morgan fingerprint density at radius 2 is 1.95 bits per heavy atom. The fourth-order valence-corrected chi connectivity index (χ4v) is 2.35. The molecule has 5 nitrogen and oxygen atoms in total. The first-order chi connectivity index (χ1) is 9.58. The van der Waals surface area contributed by atoms with Gasteiger partial charge in [0, 0.05) is 31.7 Å². The highest BCUT2D eigenvalue weighted by Crippen LogP contribution is 2.10. The number of nitrogens with zero attached hydrogens (tertiary/aromatic N) is 1. The molecule has 0 aliphatic carbocycles. The number of hydrogen-bond acceptors (Lipinski definition) is 3. The molecule has 2 rings (SSSR count). The van der Waals surface area contributed by atoms with E-state index in [-0.39, 0.29) is 18.4 Å². The van der Waals surface area contributed by atoms with Crippen molar-refractivity contribution in [3.63, 3.8) is 0 Å². The SMILES string of the molecule is Cc1ccc(C(=O)NCC(=O)N2CCNCC2)c(C)c1. The number of hydrogen-bond donors (Lipinski definition) is 2. The Balaban J connectivity index is 1.89.